The van der Waals surface area contributed by atoms with Crippen molar-refractivity contribution in [3.8, 4) is 0 Å². The summed E-state index contributed by atoms with van der Waals surface area (Å²) in [5.41, 5.74) is 1.89. The van der Waals surface area contributed by atoms with Crippen molar-refractivity contribution >= 4 is 41.5 Å². The molecule has 2 aromatic heterocycles. The molecular formula is C17H25ClIN5O. The quantitative estimate of drug-likeness (QED) is 0.381. The van der Waals surface area contributed by atoms with Crippen LogP contribution >= 0.6 is 35.6 Å². The van der Waals surface area contributed by atoms with Gasteiger partial charge in [-0.1, -0.05) is 11.6 Å². The van der Waals surface area contributed by atoms with Crippen molar-refractivity contribution in [3.63, 3.8) is 0 Å². The average Bonchev–Trinajstić information content (AvgIpc) is 2.89. The number of nitrogens with zero attached hydrogens (tertiary/aromatic N) is 4. The van der Waals surface area contributed by atoms with Crippen molar-refractivity contribution in [3.05, 3.63) is 53.1 Å². The Hall–Kier alpha value is -1.32. The Labute approximate surface area is 170 Å². The van der Waals surface area contributed by atoms with E-state index >= 15 is 0 Å². The molecule has 138 valence electrons. The molecule has 2 N–H and O–H groups in total. The van der Waals surface area contributed by atoms with Gasteiger partial charge in [0.15, 0.2) is 5.96 Å². The van der Waals surface area contributed by atoms with Crippen molar-refractivity contribution in [1.82, 2.24) is 19.8 Å². The monoisotopic (exact) mass is 477 g/mol. The van der Waals surface area contributed by atoms with Gasteiger partial charge in [0.05, 0.1) is 24.2 Å². The largest absolute Gasteiger partial charge is 0.386 e. The number of aliphatic hydroxyl groups excluding tert-OH is 1. The van der Waals surface area contributed by atoms with Crippen LogP contribution in [0.15, 0.2) is 41.8 Å². The Morgan fingerprint density at radius 1 is 1.44 bits per heavy atom. The zero-order chi connectivity index (χ0) is 17.5. The predicted molar refractivity (Wildman–Crippen MR) is 112 cm³/mol. The van der Waals surface area contributed by atoms with Gasteiger partial charge in [-0.05, 0) is 30.7 Å². The highest BCUT2D eigenvalue weighted by Gasteiger charge is 2.12. The lowest BCUT2D eigenvalue weighted by Gasteiger charge is -2.22. The Morgan fingerprint density at radius 3 is 2.68 bits per heavy atom. The SMILES string of the molecule is CCNC(=NCC(O)c1ccncc1)N(C)Cc1cc(Cl)cn1C.I. The lowest BCUT2D eigenvalue weighted by atomic mass is 10.1. The molecule has 2 aromatic rings. The summed E-state index contributed by atoms with van der Waals surface area (Å²) in [4.78, 5) is 10.5. The topological polar surface area (TPSA) is 65.7 Å². The molecule has 0 fully saturated rings. The van der Waals surface area contributed by atoms with Crippen molar-refractivity contribution in [2.24, 2.45) is 12.0 Å². The number of hydrogen-bond donors (Lipinski definition) is 2. The zero-order valence-electron chi connectivity index (χ0n) is 14.7. The number of pyridine rings is 1. The first-order chi connectivity index (χ1) is 11.5. The second-order valence-corrected chi connectivity index (χ2v) is 6.04. The maximum Gasteiger partial charge on any atom is 0.194 e. The highest BCUT2D eigenvalue weighted by Crippen LogP contribution is 2.15. The van der Waals surface area contributed by atoms with Crippen molar-refractivity contribution < 1.29 is 5.11 Å². The van der Waals surface area contributed by atoms with E-state index in [4.69, 9.17) is 11.6 Å². The lowest BCUT2D eigenvalue weighted by Crippen LogP contribution is -2.39. The van der Waals surface area contributed by atoms with Gasteiger partial charge in [0.25, 0.3) is 0 Å². The van der Waals surface area contributed by atoms with Crippen LogP contribution < -0.4 is 5.32 Å². The number of guanidine groups is 1. The minimum Gasteiger partial charge on any atom is -0.386 e. The Morgan fingerprint density at radius 2 is 2.12 bits per heavy atom. The van der Waals surface area contributed by atoms with Gasteiger partial charge in [-0.15, -0.1) is 24.0 Å². The number of aryl methyl sites for hydroxylation is 1. The van der Waals surface area contributed by atoms with Crippen LogP contribution in [0, 0.1) is 0 Å². The molecule has 0 radical (unpaired) electrons. The number of nitrogens with one attached hydrogen (secondary N) is 1. The van der Waals surface area contributed by atoms with Gasteiger partial charge < -0.3 is 19.9 Å². The summed E-state index contributed by atoms with van der Waals surface area (Å²) in [5, 5.41) is 14.2. The fourth-order valence-electron chi connectivity index (χ4n) is 2.37. The maximum absolute atomic E-state index is 10.3. The molecule has 1 atom stereocenters. The summed E-state index contributed by atoms with van der Waals surface area (Å²) in [6.45, 7) is 3.72. The number of hydrogen-bond acceptors (Lipinski definition) is 3. The molecule has 0 amide bonds. The number of aliphatic hydroxyl groups is 1. The number of aliphatic imine (C=N–C) groups is 1. The number of rotatable bonds is 6. The third kappa shape index (κ3) is 6.48. The molecule has 0 saturated carbocycles. The highest BCUT2D eigenvalue weighted by molar-refractivity contribution is 14.0. The molecule has 0 saturated heterocycles. The molecule has 25 heavy (non-hydrogen) atoms. The van der Waals surface area contributed by atoms with Crippen molar-refractivity contribution in [2.45, 2.75) is 19.6 Å². The van der Waals surface area contributed by atoms with E-state index in [1.54, 1.807) is 24.5 Å². The third-order valence-corrected chi connectivity index (χ3v) is 3.88. The molecule has 2 heterocycles. The zero-order valence-corrected chi connectivity index (χ0v) is 17.8. The van der Waals surface area contributed by atoms with Crippen molar-refractivity contribution in [1.29, 1.82) is 0 Å². The molecule has 6 nitrogen and oxygen atoms in total. The lowest BCUT2D eigenvalue weighted by molar-refractivity contribution is 0.186. The van der Waals surface area contributed by atoms with Crippen LogP contribution in [0.25, 0.3) is 0 Å². The third-order valence-electron chi connectivity index (χ3n) is 3.68. The molecule has 8 heteroatoms. The molecule has 1 unspecified atom stereocenters. The predicted octanol–water partition coefficient (Wildman–Crippen LogP) is 2.82. The van der Waals surface area contributed by atoms with E-state index in [1.165, 1.54) is 0 Å². The summed E-state index contributed by atoms with van der Waals surface area (Å²) in [5.74, 6) is 0.739. The van der Waals surface area contributed by atoms with Crippen LogP contribution in [-0.2, 0) is 13.6 Å². The van der Waals surface area contributed by atoms with Crippen LogP contribution in [0.1, 0.15) is 24.3 Å². The van der Waals surface area contributed by atoms with Gasteiger partial charge in [0, 0.05) is 44.9 Å². The first kappa shape index (κ1) is 21.7. The van der Waals surface area contributed by atoms with Crippen LogP contribution in [-0.4, -0.2) is 45.7 Å². The summed E-state index contributed by atoms with van der Waals surface area (Å²) in [6.07, 6.45) is 4.55. The van der Waals surface area contributed by atoms with Crippen LogP contribution in [0.4, 0.5) is 0 Å². The van der Waals surface area contributed by atoms with E-state index in [-0.39, 0.29) is 30.5 Å². The minimum atomic E-state index is -0.653. The van der Waals surface area contributed by atoms with Gasteiger partial charge in [0.1, 0.15) is 0 Å². The smallest absolute Gasteiger partial charge is 0.194 e. The van der Waals surface area contributed by atoms with E-state index in [9.17, 15) is 5.11 Å². The van der Waals surface area contributed by atoms with E-state index < -0.39 is 6.10 Å². The normalized spacial score (nSPS) is 12.4. The van der Waals surface area contributed by atoms with E-state index in [0.29, 0.717) is 6.54 Å². The van der Waals surface area contributed by atoms with Gasteiger partial charge >= 0.3 is 0 Å². The fraction of sp³-hybridized carbons (Fsp3) is 0.412. The van der Waals surface area contributed by atoms with E-state index in [0.717, 1.165) is 28.8 Å². The molecular weight excluding hydrogens is 453 g/mol. The number of halogens is 2. The fourth-order valence-corrected chi connectivity index (χ4v) is 2.65. The summed E-state index contributed by atoms with van der Waals surface area (Å²) in [6, 6.07) is 5.53. The molecule has 2 rings (SSSR count). The van der Waals surface area contributed by atoms with Crippen LogP contribution in [0.3, 0.4) is 0 Å². The first-order valence-corrected chi connectivity index (χ1v) is 8.27. The van der Waals surface area contributed by atoms with Gasteiger partial charge in [0.2, 0.25) is 0 Å². The minimum absolute atomic E-state index is 0. The van der Waals surface area contributed by atoms with Gasteiger partial charge in [-0.3, -0.25) is 9.98 Å². The van der Waals surface area contributed by atoms with Gasteiger partial charge in [-0.25, -0.2) is 0 Å². The first-order valence-electron chi connectivity index (χ1n) is 7.89. The standard InChI is InChI=1S/C17H24ClN5O.HI/c1-4-20-17(21-10-16(24)13-5-7-19-8-6-13)23(3)12-15-9-14(18)11-22(15)2;/h5-9,11,16,24H,4,10,12H2,1-3H3,(H,20,21);1H. The maximum atomic E-state index is 10.3. The Kier molecular flexibility index (Phi) is 9.23. The van der Waals surface area contributed by atoms with Crippen molar-refractivity contribution in [2.75, 3.05) is 20.1 Å². The average molecular weight is 478 g/mol. The molecule has 0 aliphatic carbocycles. The van der Waals surface area contributed by atoms with Crippen LogP contribution in [0.2, 0.25) is 5.02 Å². The molecule has 0 aliphatic heterocycles. The highest BCUT2D eigenvalue weighted by atomic mass is 127. The second kappa shape index (κ2) is 10.6. The molecule has 0 spiro atoms. The molecule has 0 aromatic carbocycles. The summed E-state index contributed by atoms with van der Waals surface area (Å²) >= 11 is 6.04. The second-order valence-electron chi connectivity index (χ2n) is 5.61. The van der Waals surface area contributed by atoms with E-state index in [1.807, 2.05) is 42.7 Å². The van der Waals surface area contributed by atoms with Crippen LogP contribution in [0.5, 0.6) is 0 Å². The number of aromatic nitrogens is 2. The Balaban J connectivity index is 0.00000312. The van der Waals surface area contributed by atoms with E-state index in [2.05, 4.69) is 15.3 Å². The van der Waals surface area contributed by atoms with Gasteiger partial charge in [-0.2, -0.15) is 0 Å². The molecule has 0 bridgehead atoms. The summed E-state index contributed by atoms with van der Waals surface area (Å²) < 4.78 is 1.99. The Bertz CT molecular complexity index is 677. The summed E-state index contributed by atoms with van der Waals surface area (Å²) in [7, 11) is 3.92. The molecule has 0 aliphatic rings.